The smallest absolute Gasteiger partial charge is 0.212 e. The van der Waals surface area contributed by atoms with Crippen molar-refractivity contribution in [1.29, 1.82) is 0 Å². The molecule has 4 aromatic rings. The van der Waals surface area contributed by atoms with E-state index in [1.807, 2.05) is 41.4 Å². The topological polar surface area (TPSA) is 88.2 Å². The second-order valence-electron chi connectivity index (χ2n) is 11.6. The highest BCUT2D eigenvalue weighted by atomic mass is 31.1. The zero-order valence-electron chi connectivity index (χ0n) is 23.8. The second-order valence-corrected chi connectivity index (χ2v) is 13.9. The lowest BCUT2D eigenvalue weighted by atomic mass is 9.87. The fraction of sp³-hybridized carbons (Fsp3) is 0.433. The Balaban J connectivity index is 1.20. The highest BCUT2D eigenvalue weighted by Crippen LogP contribution is 2.37. The molecule has 2 unspecified atom stereocenters. The van der Waals surface area contributed by atoms with Crippen molar-refractivity contribution in [2.45, 2.75) is 44.5 Å². The molecule has 7 rings (SSSR count). The molecule has 0 radical (unpaired) electrons. The Hall–Kier alpha value is -3.26. The van der Waals surface area contributed by atoms with Crippen LogP contribution in [0, 0.1) is 0 Å². The van der Waals surface area contributed by atoms with Gasteiger partial charge < -0.3 is 19.5 Å². The van der Waals surface area contributed by atoms with Gasteiger partial charge in [0.05, 0.1) is 30.6 Å². The average Bonchev–Trinajstić information content (AvgIpc) is 3.39. The minimum absolute atomic E-state index is 0.195. The minimum Gasteiger partial charge on any atom is -0.489 e. The number of ether oxygens (including phenoxy) is 2. The van der Waals surface area contributed by atoms with E-state index >= 15 is 0 Å². The van der Waals surface area contributed by atoms with Gasteiger partial charge in [-0.05, 0) is 57.4 Å². The summed E-state index contributed by atoms with van der Waals surface area (Å²) in [6.07, 6.45) is 8.96. The predicted octanol–water partition coefficient (Wildman–Crippen LogP) is 3.78. The number of aliphatic hydroxyl groups is 1. The molecule has 0 aromatic carbocycles. The van der Waals surface area contributed by atoms with Crippen LogP contribution in [0.4, 0.5) is 5.82 Å². The molecule has 10 heteroatoms. The van der Waals surface area contributed by atoms with Gasteiger partial charge in [0.15, 0.2) is 0 Å². The summed E-state index contributed by atoms with van der Waals surface area (Å²) in [5, 5.41) is 16.0. The summed E-state index contributed by atoms with van der Waals surface area (Å²) in [6.45, 7) is 11.0. The standard InChI is InChI=1S/C30H37N6O3P/c1-30(2,37)19-39-24-11-25(29-26(40(4)5)14-33-36(29)18-24)21-7-8-27(31-13-21)34-16-22-10-23(17-34)35(22)15-20-6-9-28(38-3)32-12-20/h6-9,11-14,18,22-23,37H,10,15-17,19H2,1-5H3. The Morgan fingerprint density at radius 2 is 1.85 bits per heavy atom. The fourth-order valence-electron chi connectivity index (χ4n) is 5.67. The van der Waals surface area contributed by atoms with E-state index in [1.54, 1.807) is 21.0 Å². The van der Waals surface area contributed by atoms with E-state index in [0.717, 1.165) is 42.1 Å². The highest BCUT2D eigenvalue weighted by Gasteiger charge is 2.44. The van der Waals surface area contributed by atoms with Gasteiger partial charge >= 0.3 is 0 Å². The highest BCUT2D eigenvalue weighted by molar-refractivity contribution is 7.64. The van der Waals surface area contributed by atoms with Crippen LogP contribution in [0.5, 0.6) is 11.6 Å². The maximum Gasteiger partial charge on any atom is 0.212 e. The van der Waals surface area contributed by atoms with Gasteiger partial charge in [-0.1, -0.05) is 14.0 Å². The van der Waals surface area contributed by atoms with E-state index in [9.17, 15) is 5.11 Å². The molecule has 0 aliphatic carbocycles. The molecule has 3 fully saturated rings. The van der Waals surface area contributed by atoms with E-state index in [4.69, 9.17) is 14.5 Å². The van der Waals surface area contributed by atoms with Crippen LogP contribution < -0.4 is 19.7 Å². The van der Waals surface area contributed by atoms with Crippen LogP contribution in [0.25, 0.3) is 16.6 Å². The average molecular weight is 561 g/mol. The molecule has 3 aliphatic heterocycles. The van der Waals surface area contributed by atoms with Gasteiger partial charge in [0.1, 0.15) is 18.2 Å². The van der Waals surface area contributed by atoms with E-state index in [1.165, 1.54) is 17.3 Å². The van der Waals surface area contributed by atoms with E-state index in [-0.39, 0.29) is 14.5 Å². The van der Waals surface area contributed by atoms with Crippen molar-refractivity contribution in [3.8, 4) is 22.8 Å². The Labute approximate surface area is 236 Å². The second kappa shape index (κ2) is 10.6. The normalized spacial score (nSPS) is 19.2. The summed E-state index contributed by atoms with van der Waals surface area (Å²) >= 11 is 0. The van der Waals surface area contributed by atoms with Crippen molar-refractivity contribution in [2.24, 2.45) is 0 Å². The van der Waals surface area contributed by atoms with Gasteiger partial charge in [-0.25, -0.2) is 14.5 Å². The van der Waals surface area contributed by atoms with Crippen molar-refractivity contribution in [1.82, 2.24) is 24.5 Å². The molecule has 2 atom stereocenters. The SMILES string of the molecule is COc1ccc(CN2C3CC2CN(c2ccc(-c4cc(OCC(C)(C)O)cn5ncc(P(C)C)c45)cn2)C3)cn1. The molecule has 40 heavy (non-hydrogen) atoms. The molecule has 4 aromatic heterocycles. The number of hydrogen-bond donors (Lipinski definition) is 1. The number of piperazine rings is 1. The van der Waals surface area contributed by atoms with Crippen molar-refractivity contribution in [3.05, 3.63) is 60.7 Å². The third-order valence-corrected chi connectivity index (χ3v) is 9.03. The Morgan fingerprint density at radius 3 is 2.48 bits per heavy atom. The van der Waals surface area contributed by atoms with Gasteiger partial charge in [-0.3, -0.25) is 4.90 Å². The first kappa shape index (κ1) is 26.9. The number of rotatable bonds is 9. The molecule has 0 amide bonds. The lowest BCUT2D eigenvalue weighted by Crippen LogP contribution is -2.68. The van der Waals surface area contributed by atoms with Crippen LogP contribution in [0.1, 0.15) is 25.8 Å². The van der Waals surface area contributed by atoms with Crippen molar-refractivity contribution in [3.63, 3.8) is 0 Å². The number of anilines is 1. The summed E-state index contributed by atoms with van der Waals surface area (Å²) in [5.41, 5.74) is 3.44. The molecule has 3 aliphatic rings. The van der Waals surface area contributed by atoms with Gasteiger partial charge in [0.25, 0.3) is 0 Å². The zero-order chi connectivity index (χ0) is 28.0. The minimum atomic E-state index is -0.926. The van der Waals surface area contributed by atoms with Crippen LogP contribution in [-0.2, 0) is 6.54 Å². The predicted molar refractivity (Wildman–Crippen MR) is 159 cm³/mol. The molecule has 1 N–H and O–H groups in total. The third-order valence-electron chi connectivity index (χ3n) is 7.74. The molecule has 210 valence electrons. The summed E-state index contributed by atoms with van der Waals surface area (Å²) in [7, 11) is 1.29. The first-order chi connectivity index (χ1) is 19.2. The summed E-state index contributed by atoms with van der Waals surface area (Å²) < 4.78 is 13.0. The first-order valence-corrected chi connectivity index (χ1v) is 15.9. The van der Waals surface area contributed by atoms with Gasteiger partial charge in [-0.2, -0.15) is 5.10 Å². The largest absolute Gasteiger partial charge is 0.489 e. The van der Waals surface area contributed by atoms with E-state index < -0.39 is 5.60 Å². The number of hydrogen-bond acceptors (Lipinski definition) is 8. The van der Waals surface area contributed by atoms with Crippen molar-refractivity contribution >= 4 is 24.6 Å². The zero-order valence-corrected chi connectivity index (χ0v) is 24.7. The van der Waals surface area contributed by atoms with Crippen molar-refractivity contribution in [2.75, 3.05) is 45.0 Å². The van der Waals surface area contributed by atoms with Crippen molar-refractivity contribution < 1.29 is 14.6 Å². The maximum atomic E-state index is 10.2. The lowest BCUT2D eigenvalue weighted by molar-refractivity contribution is -0.00876. The Bertz CT molecular complexity index is 1470. The number of fused-ring (bicyclic) bond motifs is 3. The lowest BCUT2D eigenvalue weighted by Gasteiger charge is -2.56. The molecule has 2 bridgehead atoms. The van der Waals surface area contributed by atoms with Gasteiger partial charge in [-0.15, -0.1) is 0 Å². The number of piperidine rings is 1. The van der Waals surface area contributed by atoms with Crippen LogP contribution in [0.2, 0.25) is 0 Å². The number of pyridine rings is 3. The van der Waals surface area contributed by atoms with Gasteiger partial charge in [0, 0.05) is 66.6 Å². The molecular formula is C30H37N6O3P. The molecular weight excluding hydrogens is 523 g/mol. The Kier molecular flexibility index (Phi) is 7.15. The molecule has 0 spiro atoms. The number of aromatic nitrogens is 4. The van der Waals surface area contributed by atoms with E-state index in [0.29, 0.717) is 23.7 Å². The van der Waals surface area contributed by atoms with E-state index in [2.05, 4.69) is 51.4 Å². The van der Waals surface area contributed by atoms with Crippen LogP contribution in [0.3, 0.4) is 0 Å². The fourth-order valence-corrected chi connectivity index (χ4v) is 6.60. The Morgan fingerprint density at radius 1 is 1.05 bits per heavy atom. The van der Waals surface area contributed by atoms with Crippen LogP contribution >= 0.6 is 7.92 Å². The summed E-state index contributed by atoms with van der Waals surface area (Å²) in [6, 6.07) is 11.4. The first-order valence-electron chi connectivity index (χ1n) is 13.7. The monoisotopic (exact) mass is 560 g/mol. The molecule has 7 heterocycles. The maximum absolute atomic E-state index is 10.2. The molecule has 9 nitrogen and oxygen atoms in total. The summed E-state index contributed by atoms with van der Waals surface area (Å²) in [4.78, 5) is 14.3. The number of methoxy groups -OCH3 is 1. The number of nitrogens with zero attached hydrogens (tertiary/aromatic N) is 6. The molecule has 0 saturated carbocycles. The third kappa shape index (κ3) is 5.38. The quantitative estimate of drug-likeness (QED) is 0.310. The summed E-state index contributed by atoms with van der Waals surface area (Å²) in [5.74, 6) is 2.33. The van der Waals surface area contributed by atoms with Crippen LogP contribution in [-0.4, -0.2) is 87.4 Å². The van der Waals surface area contributed by atoms with Crippen LogP contribution in [0.15, 0.2) is 55.1 Å². The molecule has 3 saturated heterocycles. The van der Waals surface area contributed by atoms with Gasteiger partial charge in [0.2, 0.25) is 5.88 Å².